The van der Waals surface area contributed by atoms with E-state index in [-0.39, 0.29) is 5.41 Å². The van der Waals surface area contributed by atoms with Gasteiger partial charge in [0.25, 0.3) is 0 Å². The Bertz CT molecular complexity index is 529. The van der Waals surface area contributed by atoms with Gasteiger partial charge in [0, 0.05) is 35.3 Å². The smallest absolute Gasteiger partial charge is 0.107 e. The van der Waals surface area contributed by atoms with Gasteiger partial charge in [0.2, 0.25) is 0 Å². The molecule has 1 aromatic carbocycles. The molecule has 0 saturated carbocycles. The van der Waals surface area contributed by atoms with Crippen molar-refractivity contribution in [3.63, 3.8) is 0 Å². The summed E-state index contributed by atoms with van der Waals surface area (Å²) in [6.45, 7) is 8.29. The molecule has 3 N–H and O–H groups in total. The van der Waals surface area contributed by atoms with Crippen LogP contribution in [0.5, 0.6) is 0 Å². The quantitative estimate of drug-likeness (QED) is 0.824. The average molecular weight is 275 g/mol. The van der Waals surface area contributed by atoms with Gasteiger partial charge >= 0.3 is 0 Å². The van der Waals surface area contributed by atoms with Gasteiger partial charge in [-0.25, -0.2) is 4.98 Å². The van der Waals surface area contributed by atoms with Crippen molar-refractivity contribution in [2.75, 3.05) is 12.3 Å². The Labute approximate surface area is 118 Å². The fourth-order valence-electron chi connectivity index (χ4n) is 2.00. The Morgan fingerprint density at radius 2 is 1.95 bits per heavy atom. The molecule has 0 fully saturated rings. The van der Waals surface area contributed by atoms with Crippen LogP contribution >= 0.6 is 11.3 Å². The maximum atomic E-state index is 5.73. The first kappa shape index (κ1) is 14.0. The third-order valence-electron chi connectivity index (χ3n) is 3.20. The minimum absolute atomic E-state index is 0.0833. The highest BCUT2D eigenvalue weighted by Crippen LogP contribution is 2.23. The highest BCUT2D eigenvalue weighted by Gasteiger charge is 2.19. The lowest BCUT2D eigenvalue weighted by molar-refractivity contribution is 0.468. The first-order valence-electron chi connectivity index (χ1n) is 6.45. The first-order chi connectivity index (χ1) is 8.97. The van der Waals surface area contributed by atoms with Crippen LogP contribution in [0.25, 0.3) is 0 Å². The number of nitrogens with zero attached hydrogens (tertiary/aromatic N) is 1. The van der Waals surface area contributed by atoms with E-state index in [0.29, 0.717) is 0 Å². The van der Waals surface area contributed by atoms with Crippen LogP contribution in [0.15, 0.2) is 30.5 Å². The summed E-state index contributed by atoms with van der Waals surface area (Å²) in [5.41, 5.74) is 7.92. The number of nitrogen functional groups attached to an aromatic ring is 1. The maximum Gasteiger partial charge on any atom is 0.107 e. The van der Waals surface area contributed by atoms with Gasteiger partial charge in [0.05, 0.1) is 0 Å². The molecule has 0 unspecified atom stereocenters. The first-order valence-corrected chi connectivity index (χ1v) is 7.27. The molecule has 2 rings (SSSR count). The zero-order valence-corrected chi connectivity index (χ0v) is 12.6. The lowest BCUT2D eigenvalue weighted by Crippen LogP contribution is -2.32. The van der Waals surface area contributed by atoms with E-state index in [0.717, 1.165) is 23.8 Å². The van der Waals surface area contributed by atoms with Gasteiger partial charge in [-0.15, -0.1) is 11.3 Å². The second kappa shape index (κ2) is 5.72. The summed E-state index contributed by atoms with van der Waals surface area (Å²) in [5, 5.41) is 4.63. The highest BCUT2D eigenvalue weighted by atomic mass is 32.1. The zero-order chi connectivity index (χ0) is 13.9. The Balaban J connectivity index is 1.92. The van der Waals surface area contributed by atoms with Crippen molar-refractivity contribution < 1.29 is 0 Å². The molecular formula is C15H21N3S. The number of nitrogens with two attached hydrogens (primary N) is 1. The van der Waals surface area contributed by atoms with Crippen molar-refractivity contribution in [3.8, 4) is 0 Å². The number of benzene rings is 1. The molecule has 2 aromatic rings. The number of hydrogen-bond donors (Lipinski definition) is 2. The molecule has 0 atom stereocenters. The molecule has 1 heterocycles. The van der Waals surface area contributed by atoms with Gasteiger partial charge in [0.1, 0.15) is 5.01 Å². The summed E-state index contributed by atoms with van der Waals surface area (Å²) >= 11 is 1.75. The molecule has 0 radical (unpaired) electrons. The van der Waals surface area contributed by atoms with E-state index in [9.17, 15) is 0 Å². The fourth-order valence-corrected chi connectivity index (χ4v) is 2.76. The number of rotatable bonds is 5. The van der Waals surface area contributed by atoms with Gasteiger partial charge in [0.15, 0.2) is 0 Å². The summed E-state index contributed by atoms with van der Waals surface area (Å²) in [6, 6.07) is 8.12. The molecule has 4 heteroatoms. The molecule has 0 aliphatic rings. The molecule has 0 aliphatic carbocycles. The number of anilines is 1. The minimum atomic E-state index is 0.0833. The van der Waals surface area contributed by atoms with Crippen LogP contribution < -0.4 is 11.1 Å². The van der Waals surface area contributed by atoms with E-state index >= 15 is 0 Å². The SMILES string of the molecule is Cc1cnc(CNCC(C)(C)c2ccc(N)cc2)s1. The van der Waals surface area contributed by atoms with E-state index in [4.69, 9.17) is 5.73 Å². The summed E-state index contributed by atoms with van der Waals surface area (Å²) < 4.78 is 0. The number of aryl methyl sites for hydroxylation is 1. The van der Waals surface area contributed by atoms with E-state index in [2.05, 4.69) is 43.2 Å². The molecule has 19 heavy (non-hydrogen) atoms. The monoisotopic (exact) mass is 275 g/mol. The fraction of sp³-hybridized carbons (Fsp3) is 0.400. The van der Waals surface area contributed by atoms with Gasteiger partial charge < -0.3 is 11.1 Å². The van der Waals surface area contributed by atoms with Crippen molar-refractivity contribution in [2.24, 2.45) is 0 Å². The summed E-state index contributed by atoms with van der Waals surface area (Å²) in [7, 11) is 0. The largest absolute Gasteiger partial charge is 0.399 e. The lowest BCUT2D eigenvalue weighted by atomic mass is 9.84. The van der Waals surface area contributed by atoms with Gasteiger partial charge in [-0.05, 0) is 24.6 Å². The molecule has 0 aliphatic heterocycles. The lowest BCUT2D eigenvalue weighted by Gasteiger charge is -2.25. The van der Waals surface area contributed by atoms with Crippen molar-refractivity contribution in [1.29, 1.82) is 0 Å². The average Bonchev–Trinajstić information content (AvgIpc) is 2.75. The predicted molar refractivity (Wildman–Crippen MR) is 82.4 cm³/mol. The molecular weight excluding hydrogens is 254 g/mol. The van der Waals surface area contributed by atoms with E-state index in [1.54, 1.807) is 11.3 Å². The van der Waals surface area contributed by atoms with Crippen LogP contribution in [-0.2, 0) is 12.0 Å². The second-order valence-corrected chi connectivity index (χ2v) is 6.79. The van der Waals surface area contributed by atoms with Crippen molar-refractivity contribution in [1.82, 2.24) is 10.3 Å². The Morgan fingerprint density at radius 3 is 2.53 bits per heavy atom. The van der Waals surface area contributed by atoms with Crippen LogP contribution in [0.4, 0.5) is 5.69 Å². The maximum absolute atomic E-state index is 5.73. The van der Waals surface area contributed by atoms with Crippen LogP contribution in [0.1, 0.15) is 29.3 Å². The summed E-state index contributed by atoms with van der Waals surface area (Å²) in [5.74, 6) is 0. The van der Waals surface area contributed by atoms with Crippen LogP contribution in [0.3, 0.4) is 0 Å². The molecule has 0 saturated heterocycles. The summed E-state index contributed by atoms with van der Waals surface area (Å²) in [6.07, 6.45) is 1.92. The molecule has 3 nitrogen and oxygen atoms in total. The topological polar surface area (TPSA) is 50.9 Å². The number of hydrogen-bond acceptors (Lipinski definition) is 4. The van der Waals surface area contributed by atoms with Gasteiger partial charge in [-0.3, -0.25) is 0 Å². The minimum Gasteiger partial charge on any atom is -0.399 e. The van der Waals surface area contributed by atoms with Crippen molar-refractivity contribution >= 4 is 17.0 Å². The summed E-state index contributed by atoms with van der Waals surface area (Å²) in [4.78, 5) is 5.62. The predicted octanol–water partition coefficient (Wildman–Crippen LogP) is 3.10. The molecule has 0 amide bonds. The van der Waals surface area contributed by atoms with E-state index in [1.165, 1.54) is 10.4 Å². The van der Waals surface area contributed by atoms with Crippen molar-refractivity contribution in [2.45, 2.75) is 32.7 Å². The van der Waals surface area contributed by atoms with Crippen LogP contribution in [0, 0.1) is 6.92 Å². The number of aromatic nitrogens is 1. The van der Waals surface area contributed by atoms with Crippen LogP contribution in [0.2, 0.25) is 0 Å². The zero-order valence-electron chi connectivity index (χ0n) is 11.7. The third kappa shape index (κ3) is 3.78. The molecule has 0 bridgehead atoms. The Hall–Kier alpha value is -1.39. The third-order valence-corrected chi connectivity index (χ3v) is 4.12. The standard InChI is InChI=1S/C15H21N3S/c1-11-8-18-14(19-11)9-17-10-15(2,3)12-4-6-13(16)7-5-12/h4-8,17H,9-10,16H2,1-3H3. The van der Waals surface area contributed by atoms with Gasteiger partial charge in [-0.1, -0.05) is 26.0 Å². The van der Waals surface area contributed by atoms with Crippen LogP contribution in [-0.4, -0.2) is 11.5 Å². The highest BCUT2D eigenvalue weighted by molar-refractivity contribution is 7.11. The number of nitrogens with one attached hydrogen (secondary N) is 1. The van der Waals surface area contributed by atoms with Crippen molar-refractivity contribution in [3.05, 3.63) is 45.9 Å². The second-order valence-electron chi connectivity index (χ2n) is 5.47. The van der Waals surface area contributed by atoms with E-state index < -0.39 is 0 Å². The molecule has 102 valence electrons. The number of thiazole rings is 1. The molecule has 0 spiro atoms. The Kier molecular flexibility index (Phi) is 4.22. The Morgan fingerprint density at radius 1 is 1.26 bits per heavy atom. The van der Waals surface area contributed by atoms with Gasteiger partial charge in [-0.2, -0.15) is 0 Å². The normalized spacial score (nSPS) is 11.7. The molecule has 1 aromatic heterocycles. The van der Waals surface area contributed by atoms with E-state index in [1.807, 2.05) is 18.3 Å².